The van der Waals surface area contributed by atoms with Gasteiger partial charge >= 0.3 is 12.1 Å². The Balaban J connectivity index is 2.03. The second-order valence-corrected chi connectivity index (χ2v) is 6.04. The fraction of sp³-hybridized carbons (Fsp3) is 0.0952. The zero-order valence-electron chi connectivity index (χ0n) is 14.8. The number of hydrogen-bond donors (Lipinski definition) is 1. The van der Waals surface area contributed by atoms with Crippen LogP contribution >= 0.6 is 0 Å². The topological polar surface area (TPSA) is 76.5 Å². The van der Waals surface area contributed by atoms with Gasteiger partial charge < -0.3 is 9.84 Å². The quantitative estimate of drug-likeness (QED) is 0.611. The van der Waals surface area contributed by atoms with Crippen LogP contribution in [0.1, 0.15) is 37.4 Å². The van der Waals surface area contributed by atoms with Crippen molar-refractivity contribution in [3.8, 4) is 5.75 Å². The summed E-state index contributed by atoms with van der Waals surface area (Å²) >= 11 is 0. The molecule has 2 aromatic carbocycles. The molecule has 0 amide bonds. The summed E-state index contributed by atoms with van der Waals surface area (Å²) in [5.74, 6) is -2.45. The van der Waals surface area contributed by atoms with Crippen molar-refractivity contribution in [3.63, 3.8) is 0 Å². The minimum atomic E-state index is -4.63. The molecule has 29 heavy (non-hydrogen) atoms. The van der Waals surface area contributed by atoms with Crippen molar-refractivity contribution in [3.05, 3.63) is 94.8 Å². The molecule has 0 aliphatic heterocycles. The first kappa shape index (κ1) is 20.1. The first-order chi connectivity index (χ1) is 13.8. The predicted octanol–water partition coefficient (Wildman–Crippen LogP) is 4.61. The van der Waals surface area contributed by atoms with Crippen molar-refractivity contribution in [2.45, 2.75) is 12.8 Å². The minimum Gasteiger partial charge on any atom is -0.488 e. The lowest BCUT2D eigenvalue weighted by molar-refractivity contribution is -0.137. The monoisotopic (exact) mass is 401 g/mol. The molecule has 1 N–H and O–H groups in total. The van der Waals surface area contributed by atoms with Crippen molar-refractivity contribution in [2.24, 2.45) is 0 Å². The van der Waals surface area contributed by atoms with Gasteiger partial charge in [-0.25, -0.2) is 4.79 Å². The summed E-state index contributed by atoms with van der Waals surface area (Å²) in [4.78, 5) is 28.0. The molecule has 0 spiro atoms. The third kappa shape index (κ3) is 4.60. The van der Waals surface area contributed by atoms with E-state index in [0.717, 1.165) is 30.5 Å². The Morgan fingerprint density at radius 2 is 1.69 bits per heavy atom. The number of rotatable bonds is 6. The second-order valence-electron chi connectivity index (χ2n) is 6.04. The number of carboxylic acids is 1. The molecule has 8 heteroatoms. The third-order valence-corrected chi connectivity index (χ3v) is 4.09. The van der Waals surface area contributed by atoms with Crippen molar-refractivity contribution >= 4 is 11.8 Å². The Morgan fingerprint density at radius 1 is 0.966 bits per heavy atom. The number of carbonyl (C=O) groups is 2. The molecule has 0 bridgehead atoms. The van der Waals surface area contributed by atoms with Crippen molar-refractivity contribution < 1.29 is 32.6 Å². The van der Waals surface area contributed by atoms with Gasteiger partial charge in [-0.05, 0) is 29.8 Å². The van der Waals surface area contributed by atoms with Gasteiger partial charge in [0.25, 0.3) is 0 Å². The first-order valence-corrected chi connectivity index (χ1v) is 8.37. The number of aromatic nitrogens is 1. The van der Waals surface area contributed by atoms with E-state index >= 15 is 0 Å². The van der Waals surface area contributed by atoms with E-state index in [0.29, 0.717) is 5.56 Å². The highest BCUT2D eigenvalue weighted by atomic mass is 19.4. The van der Waals surface area contributed by atoms with Crippen LogP contribution in [0.15, 0.2) is 67.0 Å². The van der Waals surface area contributed by atoms with E-state index in [1.54, 1.807) is 30.3 Å². The summed E-state index contributed by atoms with van der Waals surface area (Å²) < 4.78 is 44.9. The Bertz CT molecular complexity index is 1050. The zero-order valence-corrected chi connectivity index (χ0v) is 14.8. The van der Waals surface area contributed by atoms with Gasteiger partial charge in [-0.1, -0.05) is 30.3 Å². The fourth-order valence-corrected chi connectivity index (χ4v) is 2.65. The van der Waals surface area contributed by atoms with Gasteiger partial charge in [0.1, 0.15) is 12.4 Å². The highest BCUT2D eigenvalue weighted by molar-refractivity contribution is 6.15. The van der Waals surface area contributed by atoms with Crippen LogP contribution in [0.25, 0.3) is 0 Å². The fourth-order valence-electron chi connectivity index (χ4n) is 2.65. The van der Waals surface area contributed by atoms with Crippen molar-refractivity contribution in [2.75, 3.05) is 0 Å². The van der Waals surface area contributed by atoms with Crippen LogP contribution in [0.2, 0.25) is 0 Å². The van der Waals surface area contributed by atoms with Gasteiger partial charge in [-0.3, -0.25) is 9.78 Å². The molecule has 3 rings (SSSR count). The molecule has 0 radical (unpaired) electrons. The van der Waals surface area contributed by atoms with Crippen LogP contribution in [0, 0.1) is 0 Å². The molecule has 3 aromatic rings. The predicted molar refractivity (Wildman–Crippen MR) is 96.8 cm³/mol. The van der Waals surface area contributed by atoms with Crippen LogP contribution in [-0.2, 0) is 12.8 Å². The molecule has 0 saturated heterocycles. The summed E-state index contributed by atoms with van der Waals surface area (Å²) in [6.45, 7) is -0.0682. The van der Waals surface area contributed by atoms with Gasteiger partial charge in [0, 0.05) is 12.4 Å². The van der Waals surface area contributed by atoms with E-state index in [-0.39, 0.29) is 29.0 Å². The Kier molecular flexibility index (Phi) is 5.63. The molecule has 5 nitrogen and oxygen atoms in total. The molecule has 148 valence electrons. The van der Waals surface area contributed by atoms with Crippen molar-refractivity contribution in [1.82, 2.24) is 4.98 Å². The summed E-state index contributed by atoms with van der Waals surface area (Å²) in [5, 5.41) is 9.27. The molecule has 1 aromatic heterocycles. The summed E-state index contributed by atoms with van der Waals surface area (Å²) in [6.07, 6.45) is -2.36. The molecule has 0 aliphatic rings. The number of pyridine rings is 1. The summed E-state index contributed by atoms with van der Waals surface area (Å²) in [6, 6.07) is 12.3. The molecular formula is C21H14F3NO4. The lowest BCUT2D eigenvalue weighted by Gasteiger charge is -2.15. The number of hydrogen-bond acceptors (Lipinski definition) is 4. The highest BCUT2D eigenvalue weighted by Crippen LogP contribution is 2.34. The molecular weight excluding hydrogens is 387 g/mol. The number of aromatic carboxylic acids is 1. The number of benzene rings is 2. The maximum atomic E-state index is 13.1. The maximum absolute atomic E-state index is 13.1. The van der Waals surface area contributed by atoms with E-state index in [4.69, 9.17) is 4.74 Å². The first-order valence-electron chi connectivity index (χ1n) is 8.37. The van der Waals surface area contributed by atoms with Gasteiger partial charge in [0.2, 0.25) is 0 Å². The van der Waals surface area contributed by atoms with Gasteiger partial charge in [-0.2, -0.15) is 13.2 Å². The Hall–Kier alpha value is -3.68. The zero-order chi connectivity index (χ0) is 21.0. The smallest absolute Gasteiger partial charge is 0.416 e. The lowest BCUT2D eigenvalue weighted by atomic mass is 9.98. The molecule has 0 atom stereocenters. The molecule has 1 heterocycles. The number of carboxylic acid groups (broad SMARTS) is 1. The standard InChI is InChI=1S/C21H14F3NO4/c22-21(23,24)14-6-7-16(18(10-14)29-12-13-4-2-1-3-5-13)19(26)17-11-25-9-8-15(17)20(27)28/h1-11H,12H2,(H,27,28). The summed E-state index contributed by atoms with van der Waals surface area (Å²) in [5.41, 5.74) is -1.04. The van der Waals surface area contributed by atoms with Crippen LogP contribution in [0.3, 0.4) is 0 Å². The minimum absolute atomic E-state index is 0.0682. The molecule has 0 aliphatic carbocycles. The van der Waals surface area contributed by atoms with E-state index in [1.165, 1.54) is 6.20 Å². The average Bonchev–Trinajstić information content (AvgIpc) is 2.71. The van der Waals surface area contributed by atoms with Crippen LogP contribution in [0.5, 0.6) is 5.75 Å². The molecule has 0 saturated carbocycles. The van der Waals surface area contributed by atoms with Crippen LogP contribution in [-0.4, -0.2) is 21.8 Å². The number of ether oxygens (including phenoxy) is 1. The number of carbonyl (C=O) groups excluding carboxylic acids is 1. The largest absolute Gasteiger partial charge is 0.488 e. The Labute approximate surface area is 163 Å². The van der Waals surface area contributed by atoms with Gasteiger partial charge in [0.05, 0.1) is 22.3 Å². The lowest BCUT2D eigenvalue weighted by Crippen LogP contribution is -2.13. The average molecular weight is 401 g/mol. The van der Waals surface area contributed by atoms with E-state index in [2.05, 4.69) is 4.98 Å². The molecule has 0 unspecified atom stereocenters. The number of nitrogens with zero attached hydrogens (tertiary/aromatic N) is 1. The van der Waals surface area contributed by atoms with E-state index in [9.17, 15) is 27.9 Å². The molecule has 0 fully saturated rings. The Morgan fingerprint density at radius 3 is 2.34 bits per heavy atom. The number of ketones is 1. The SMILES string of the molecule is O=C(O)c1ccncc1C(=O)c1ccc(C(F)(F)F)cc1OCc1ccccc1. The van der Waals surface area contributed by atoms with Crippen LogP contribution < -0.4 is 4.74 Å². The maximum Gasteiger partial charge on any atom is 0.416 e. The van der Waals surface area contributed by atoms with Crippen LogP contribution in [0.4, 0.5) is 13.2 Å². The highest BCUT2D eigenvalue weighted by Gasteiger charge is 2.32. The third-order valence-electron chi connectivity index (χ3n) is 4.09. The number of halogens is 3. The van der Waals surface area contributed by atoms with Gasteiger partial charge in [-0.15, -0.1) is 0 Å². The second kappa shape index (κ2) is 8.14. The van der Waals surface area contributed by atoms with E-state index < -0.39 is 23.5 Å². The van der Waals surface area contributed by atoms with E-state index in [1.807, 2.05) is 0 Å². The van der Waals surface area contributed by atoms with Crippen molar-refractivity contribution in [1.29, 1.82) is 0 Å². The number of alkyl halides is 3. The normalized spacial score (nSPS) is 11.1. The van der Waals surface area contributed by atoms with Gasteiger partial charge in [0.15, 0.2) is 5.78 Å². The summed E-state index contributed by atoms with van der Waals surface area (Å²) in [7, 11) is 0.